The Morgan fingerprint density at radius 3 is 2.31 bits per heavy atom. The predicted octanol–water partition coefficient (Wildman–Crippen LogP) is 4.16. The minimum atomic E-state index is -0.0735. The first-order valence-corrected chi connectivity index (χ1v) is 9.36. The van der Waals surface area contributed by atoms with E-state index in [1.165, 1.54) is 0 Å². The van der Waals surface area contributed by atoms with Crippen LogP contribution in [0.5, 0.6) is 0 Å². The van der Waals surface area contributed by atoms with Crippen LogP contribution >= 0.6 is 23.2 Å². The molecule has 3 rings (SSSR count). The first-order valence-electron chi connectivity index (χ1n) is 8.60. The normalized spacial score (nSPS) is 14.9. The van der Waals surface area contributed by atoms with Gasteiger partial charge in [0.05, 0.1) is 10.6 Å². The quantitative estimate of drug-likeness (QED) is 0.851. The van der Waals surface area contributed by atoms with Crippen LogP contribution in [0.25, 0.3) is 0 Å². The Labute approximate surface area is 163 Å². The number of hydrogen-bond donors (Lipinski definition) is 1. The van der Waals surface area contributed by atoms with Crippen molar-refractivity contribution >= 4 is 35.0 Å². The molecule has 0 bridgehead atoms. The van der Waals surface area contributed by atoms with Crippen LogP contribution < -0.4 is 5.32 Å². The summed E-state index contributed by atoms with van der Waals surface area (Å²) in [5.41, 5.74) is 1.52. The number of piperidine rings is 1. The van der Waals surface area contributed by atoms with Crippen LogP contribution in [0.3, 0.4) is 0 Å². The monoisotopic (exact) mass is 390 g/mol. The second-order valence-electron chi connectivity index (χ2n) is 6.39. The molecule has 0 unspecified atom stereocenters. The molecule has 2 aromatic carbocycles. The minimum absolute atomic E-state index is 0.0322. The topological polar surface area (TPSA) is 49.4 Å². The van der Waals surface area contributed by atoms with Gasteiger partial charge in [0.15, 0.2) is 0 Å². The molecule has 1 aliphatic rings. The Bertz CT molecular complexity index is 785. The van der Waals surface area contributed by atoms with Gasteiger partial charge < -0.3 is 10.2 Å². The van der Waals surface area contributed by atoms with Gasteiger partial charge in [0, 0.05) is 30.6 Å². The number of likely N-dealkylation sites (tertiary alicyclic amines) is 1. The molecule has 26 heavy (non-hydrogen) atoms. The van der Waals surface area contributed by atoms with Crippen molar-refractivity contribution in [3.63, 3.8) is 0 Å². The van der Waals surface area contributed by atoms with Crippen LogP contribution in [0.15, 0.2) is 48.5 Å². The number of nitrogens with zero attached hydrogens (tertiary/aromatic N) is 1. The molecule has 1 heterocycles. The van der Waals surface area contributed by atoms with Crippen molar-refractivity contribution in [2.75, 3.05) is 13.1 Å². The lowest BCUT2D eigenvalue weighted by Crippen LogP contribution is -2.43. The number of carbonyl (C=O) groups excluding carboxylic acids is 2. The Morgan fingerprint density at radius 2 is 1.65 bits per heavy atom. The van der Waals surface area contributed by atoms with E-state index < -0.39 is 0 Å². The van der Waals surface area contributed by atoms with Gasteiger partial charge >= 0.3 is 0 Å². The number of carbonyl (C=O) groups is 2. The van der Waals surface area contributed by atoms with Gasteiger partial charge in [-0.1, -0.05) is 47.5 Å². The highest BCUT2D eigenvalue weighted by atomic mass is 35.5. The molecular formula is C20H20Cl2N2O2. The molecule has 0 aromatic heterocycles. The molecule has 4 nitrogen and oxygen atoms in total. The average molecular weight is 391 g/mol. The highest BCUT2D eigenvalue weighted by Gasteiger charge is 2.28. The fourth-order valence-electron chi connectivity index (χ4n) is 3.09. The zero-order valence-electron chi connectivity index (χ0n) is 14.3. The summed E-state index contributed by atoms with van der Waals surface area (Å²) in [6, 6.07) is 14.5. The van der Waals surface area contributed by atoms with Gasteiger partial charge in [0.1, 0.15) is 0 Å². The van der Waals surface area contributed by atoms with Crippen molar-refractivity contribution in [3.8, 4) is 0 Å². The second-order valence-corrected chi connectivity index (χ2v) is 7.23. The zero-order valence-corrected chi connectivity index (χ0v) is 15.8. The van der Waals surface area contributed by atoms with Crippen LogP contribution in [0.4, 0.5) is 0 Å². The number of halogens is 2. The van der Waals surface area contributed by atoms with Gasteiger partial charge in [0.25, 0.3) is 5.91 Å². The molecule has 0 radical (unpaired) electrons. The molecule has 0 aliphatic carbocycles. The van der Waals surface area contributed by atoms with E-state index in [1.807, 2.05) is 24.3 Å². The van der Waals surface area contributed by atoms with E-state index in [2.05, 4.69) is 5.32 Å². The maximum absolute atomic E-state index is 12.6. The molecule has 6 heteroatoms. The lowest BCUT2D eigenvalue weighted by Gasteiger charge is -2.31. The standard InChI is InChI=1S/C20H20Cl2N2O2/c21-16-7-5-14(6-8-16)13-23-19(25)15-9-11-24(12-10-15)20(26)17-3-1-2-4-18(17)22/h1-8,15H,9-13H2,(H,23,25). The van der Waals surface area contributed by atoms with Crippen LogP contribution in [-0.2, 0) is 11.3 Å². The Morgan fingerprint density at radius 1 is 1.00 bits per heavy atom. The molecule has 2 amide bonds. The molecular weight excluding hydrogens is 371 g/mol. The van der Waals surface area contributed by atoms with Gasteiger partial charge in [-0.25, -0.2) is 0 Å². The predicted molar refractivity (Wildman–Crippen MR) is 103 cm³/mol. The van der Waals surface area contributed by atoms with Crippen molar-refractivity contribution in [1.82, 2.24) is 10.2 Å². The van der Waals surface area contributed by atoms with Crippen molar-refractivity contribution in [3.05, 3.63) is 69.7 Å². The molecule has 1 fully saturated rings. The summed E-state index contributed by atoms with van der Waals surface area (Å²) >= 11 is 12.0. The number of nitrogens with one attached hydrogen (secondary N) is 1. The van der Waals surface area contributed by atoms with Crippen molar-refractivity contribution in [2.24, 2.45) is 5.92 Å². The van der Waals surface area contributed by atoms with Crippen LogP contribution in [0.1, 0.15) is 28.8 Å². The van der Waals surface area contributed by atoms with Gasteiger partial charge in [-0.15, -0.1) is 0 Å². The van der Waals surface area contributed by atoms with Gasteiger partial charge in [0.2, 0.25) is 5.91 Å². The molecule has 0 saturated carbocycles. The lowest BCUT2D eigenvalue weighted by atomic mass is 9.95. The van der Waals surface area contributed by atoms with Crippen LogP contribution in [-0.4, -0.2) is 29.8 Å². The van der Waals surface area contributed by atoms with Gasteiger partial charge in [-0.05, 0) is 42.7 Å². The third-order valence-electron chi connectivity index (χ3n) is 4.64. The second kappa shape index (κ2) is 8.56. The maximum atomic E-state index is 12.6. The van der Waals surface area contributed by atoms with Crippen molar-refractivity contribution in [1.29, 1.82) is 0 Å². The molecule has 1 N–H and O–H groups in total. The summed E-state index contributed by atoms with van der Waals surface area (Å²) in [5.74, 6) is -0.113. The van der Waals surface area contributed by atoms with E-state index in [1.54, 1.807) is 29.2 Å². The molecule has 1 saturated heterocycles. The summed E-state index contributed by atoms with van der Waals surface area (Å²) in [4.78, 5) is 26.7. The van der Waals surface area contributed by atoms with E-state index in [-0.39, 0.29) is 17.7 Å². The van der Waals surface area contributed by atoms with Crippen LogP contribution in [0, 0.1) is 5.92 Å². The summed E-state index contributed by atoms with van der Waals surface area (Å²) in [6.07, 6.45) is 1.31. The van der Waals surface area contributed by atoms with Crippen molar-refractivity contribution < 1.29 is 9.59 Å². The smallest absolute Gasteiger partial charge is 0.255 e. The van der Waals surface area contributed by atoms with E-state index in [4.69, 9.17) is 23.2 Å². The number of benzene rings is 2. The number of rotatable bonds is 4. The summed E-state index contributed by atoms with van der Waals surface area (Å²) in [5, 5.41) is 4.10. The molecule has 1 aliphatic heterocycles. The molecule has 136 valence electrons. The van der Waals surface area contributed by atoms with E-state index >= 15 is 0 Å². The minimum Gasteiger partial charge on any atom is -0.352 e. The van der Waals surface area contributed by atoms with Gasteiger partial charge in [-0.3, -0.25) is 9.59 Å². The average Bonchev–Trinajstić information content (AvgIpc) is 2.67. The SMILES string of the molecule is O=C(NCc1ccc(Cl)cc1)C1CCN(C(=O)c2ccccc2Cl)CC1. The molecule has 0 atom stereocenters. The summed E-state index contributed by atoms with van der Waals surface area (Å²) < 4.78 is 0. The van der Waals surface area contributed by atoms with Gasteiger partial charge in [-0.2, -0.15) is 0 Å². The van der Waals surface area contributed by atoms with Crippen LogP contribution in [0.2, 0.25) is 10.0 Å². The van der Waals surface area contributed by atoms with E-state index in [9.17, 15) is 9.59 Å². The maximum Gasteiger partial charge on any atom is 0.255 e. The molecule has 2 aromatic rings. The number of hydrogen-bond acceptors (Lipinski definition) is 2. The fourth-order valence-corrected chi connectivity index (χ4v) is 3.43. The Balaban J connectivity index is 1.50. The third-order valence-corrected chi connectivity index (χ3v) is 5.22. The van der Waals surface area contributed by atoms with Crippen molar-refractivity contribution in [2.45, 2.75) is 19.4 Å². The lowest BCUT2D eigenvalue weighted by molar-refractivity contribution is -0.126. The zero-order chi connectivity index (χ0) is 18.5. The Kier molecular flexibility index (Phi) is 6.17. The largest absolute Gasteiger partial charge is 0.352 e. The highest BCUT2D eigenvalue weighted by Crippen LogP contribution is 2.22. The first-order chi connectivity index (χ1) is 12.5. The highest BCUT2D eigenvalue weighted by molar-refractivity contribution is 6.33. The first kappa shape index (κ1) is 18.7. The Hall–Kier alpha value is -2.04. The fraction of sp³-hybridized carbons (Fsp3) is 0.300. The summed E-state index contributed by atoms with van der Waals surface area (Å²) in [7, 11) is 0. The third kappa shape index (κ3) is 4.57. The summed E-state index contributed by atoms with van der Waals surface area (Å²) in [6.45, 7) is 1.60. The van der Waals surface area contributed by atoms with E-state index in [0.29, 0.717) is 48.1 Å². The molecule has 0 spiro atoms. The van der Waals surface area contributed by atoms with E-state index in [0.717, 1.165) is 5.56 Å². The number of amides is 2.